The van der Waals surface area contributed by atoms with Gasteiger partial charge in [0.25, 0.3) is 0 Å². The summed E-state index contributed by atoms with van der Waals surface area (Å²) >= 11 is 0. The summed E-state index contributed by atoms with van der Waals surface area (Å²) in [7, 11) is 0. The number of hydrogen-bond donors (Lipinski definition) is 2. The van der Waals surface area contributed by atoms with Crippen molar-refractivity contribution in [3.05, 3.63) is 28.8 Å². The topological polar surface area (TPSA) is 57.5 Å². The molecule has 0 aliphatic rings. The van der Waals surface area contributed by atoms with E-state index in [-0.39, 0.29) is 43.9 Å². The summed E-state index contributed by atoms with van der Waals surface area (Å²) in [6.07, 6.45) is 0. The van der Waals surface area contributed by atoms with Crippen molar-refractivity contribution in [1.29, 1.82) is 0 Å². The maximum Gasteiger partial charge on any atom is 0.339 e. The molecule has 0 saturated carbocycles. The molecular formula is C15H22O3Ti. The third-order valence-electron chi connectivity index (χ3n) is 3.01. The quantitative estimate of drug-likeness (QED) is 0.778. The second kappa shape index (κ2) is 5.68. The van der Waals surface area contributed by atoms with Crippen LogP contribution < -0.4 is 0 Å². The van der Waals surface area contributed by atoms with Gasteiger partial charge in [0.2, 0.25) is 0 Å². The van der Waals surface area contributed by atoms with Gasteiger partial charge in [-0.1, -0.05) is 47.6 Å². The van der Waals surface area contributed by atoms with Gasteiger partial charge < -0.3 is 10.2 Å². The van der Waals surface area contributed by atoms with Crippen LogP contribution in [-0.2, 0) is 32.5 Å². The number of carboxylic acid groups (broad SMARTS) is 1. The Kier molecular flexibility index (Phi) is 5.44. The van der Waals surface area contributed by atoms with Crippen LogP contribution in [-0.4, -0.2) is 16.2 Å². The predicted molar refractivity (Wildman–Crippen MR) is 72.5 cm³/mol. The summed E-state index contributed by atoms with van der Waals surface area (Å²) in [4.78, 5) is 11.2. The fourth-order valence-electron chi connectivity index (χ4n) is 1.80. The summed E-state index contributed by atoms with van der Waals surface area (Å²) in [6.45, 7) is 12.0. The Morgan fingerprint density at radius 2 is 1.47 bits per heavy atom. The van der Waals surface area contributed by atoms with E-state index in [9.17, 15) is 15.0 Å². The summed E-state index contributed by atoms with van der Waals surface area (Å²) in [6, 6.07) is 3.47. The number of rotatable bonds is 1. The van der Waals surface area contributed by atoms with E-state index in [0.29, 0.717) is 5.56 Å². The van der Waals surface area contributed by atoms with Gasteiger partial charge in [0.1, 0.15) is 11.3 Å². The number of carboxylic acids is 1. The van der Waals surface area contributed by atoms with Gasteiger partial charge in [-0.3, -0.25) is 0 Å². The summed E-state index contributed by atoms with van der Waals surface area (Å²) in [5.41, 5.74) is 1.12. The van der Waals surface area contributed by atoms with Gasteiger partial charge >= 0.3 is 5.97 Å². The number of benzene rings is 1. The average Bonchev–Trinajstić information content (AvgIpc) is 2.13. The van der Waals surface area contributed by atoms with Gasteiger partial charge in [0.15, 0.2) is 0 Å². The fourth-order valence-corrected chi connectivity index (χ4v) is 1.80. The van der Waals surface area contributed by atoms with E-state index in [1.54, 1.807) is 6.07 Å². The van der Waals surface area contributed by atoms with E-state index in [1.807, 2.05) is 47.6 Å². The van der Waals surface area contributed by atoms with Gasteiger partial charge in [-0.05, 0) is 22.5 Å². The van der Waals surface area contributed by atoms with Crippen molar-refractivity contribution in [3.8, 4) is 5.75 Å². The van der Waals surface area contributed by atoms with E-state index in [4.69, 9.17) is 0 Å². The monoisotopic (exact) mass is 298 g/mol. The molecule has 0 aromatic heterocycles. The third kappa shape index (κ3) is 4.08. The standard InChI is InChI=1S/C15H22O3.Ti/c1-14(2,3)9-7-10(13(17)18)12(16)11(8-9)15(4,5)6;/h7-8,16H,1-6H3,(H,17,18);. The Hall–Kier alpha value is -0.796. The van der Waals surface area contributed by atoms with E-state index >= 15 is 0 Å². The largest absolute Gasteiger partial charge is 0.507 e. The van der Waals surface area contributed by atoms with Crippen molar-refractivity contribution in [2.45, 2.75) is 52.4 Å². The second-order valence-corrected chi connectivity index (χ2v) is 6.73. The Morgan fingerprint density at radius 3 is 1.79 bits per heavy atom. The molecule has 2 N–H and O–H groups in total. The van der Waals surface area contributed by atoms with Crippen LogP contribution in [0.2, 0.25) is 0 Å². The smallest absolute Gasteiger partial charge is 0.339 e. The molecule has 0 unspecified atom stereocenters. The normalized spacial score (nSPS) is 11.9. The Labute approximate surface area is 129 Å². The first kappa shape index (κ1) is 18.2. The number of hydrogen-bond acceptors (Lipinski definition) is 2. The van der Waals surface area contributed by atoms with Crippen LogP contribution in [0.1, 0.15) is 63.0 Å². The van der Waals surface area contributed by atoms with Crippen LogP contribution >= 0.6 is 0 Å². The minimum absolute atomic E-state index is 0. The molecule has 0 radical (unpaired) electrons. The summed E-state index contributed by atoms with van der Waals surface area (Å²) in [5.74, 6) is -1.22. The molecule has 0 saturated heterocycles. The Bertz CT molecular complexity index is 479. The summed E-state index contributed by atoms with van der Waals surface area (Å²) < 4.78 is 0. The molecule has 0 spiro atoms. The van der Waals surface area contributed by atoms with E-state index in [1.165, 1.54) is 0 Å². The van der Waals surface area contributed by atoms with Crippen LogP contribution in [0.3, 0.4) is 0 Å². The Morgan fingerprint density at radius 1 is 1.00 bits per heavy atom. The van der Waals surface area contributed by atoms with Gasteiger partial charge in [-0.15, -0.1) is 0 Å². The molecule has 0 amide bonds. The molecule has 3 nitrogen and oxygen atoms in total. The van der Waals surface area contributed by atoms with Gasteiger partial charge in [-0.2, -0.15) is 0 Å². The van der Waals surface area contributed by atoms with Crippen LogP contribution in [0.4, 0.5) is 0 Å². The van der Waals surface area contributed by atoms with Gasteiger partial charge in [-0.25, -0.2) is 4.79 Å². The first-order chi connectivity index (χ1) is 7.94. The number of aromatic hydroxyl groups is 1. The molecule has 1 rings (SSSR count). The van der Waals surface area contributed by atoms with E-state index in [0.717, 1.165) is 5.56 Å². The van der Waals surface area contributed by atoms with Crippen molar-refractivity contribution < 1.29 is 36.7 Å². The van der Waals surface area contributed by atoms with Crippen molar-refractivity contribution in [2.24, 2.45) is 0 Å². The van der Waals surface area contributed by atoms with Crippen LogP contribution in [0.5, 0.6) is 5.75 Å². The number of phenols is 1. The molecular weight excluding hydrogens is 276 g/mol. The first-order valence-corrected chi connectivity index (χ1v) is 6.06. The average molecular weight is 298 g/mol. The molecule has 0 aliphatic heterocycles. The maximum atomic E-state index is 11.2. The van der Waals surface area contributed by atoms with Crippen LogP contribution in [0.25, 0.3) is 0 Å². The first-order valence-electron chi connectivity index (χ1n) is 6.06. The second-order valence-electron chi connectivity index (χ2n) is 6.73. The molecule has 0 bridgehead atoms. The SMILES string of the molecule is CC(C)(C)c1cc(C(=O)O)c(O)c(C(C)(C)C)c1.[Ti]. The molecule has 0 aliphatic carbocycles. The van der Waals surface area contributed by atoms with Crippen molar-refractivity contribution in [3.63, 3.8) is 0 Å². The van der Waals surface area contributed by atoms with Crippen LogP contribution in [0.15, 0.2) is 12.1 Å². The molecule has 4 heteroatoms. The van der Waals surface area contributed by atoms with E-state index in [2.05, 4.69) is 0 Å². The molecule has 104 valence electrons. The van der Waals surface area contributed by atoms with E-state index < -0.39 is 5.97 Å². The predicted octanol–water partition coefficient (Wildman–Crippen LogP) is 3.68. The zero-order chi connectivity index (χ0) is 14.3. The zero-order valence-electron chi connectivity index (χ0n) is 12.5. The zero-order valence-corrected chi connectivity index (χ0v) is 14.0. The minimum Gasteiger partial charge on any atom is -0.507 e. The van der Waals surface area contributed by atoms with Gasteiger partial charge in [0.05, 0.1) is 0 Å². The molecule has 0 fully saturated rings. The fraction of sp³-hybridized carbons (Fsp3) is 0.533. The molecule has 1 aromatic rings. The number of aromatic carboxylic acids is 1. The summed E-state index contributed by atoms with van der Waals surface area (Å²) in [5, 5.41) is 19.3. The molecule has 0 atom stereocenters. The van der Waals surface area contributed by atoms with Crippen molar-refractivity contribution >= 4 is 5.97 Å². The molecule has 1 aromatic carbocycles. The minimum atomic E-state index is -1.09. The molecule has 19 heavy (non-hydrogen) atoms. The van der Waals surface area contributed by atoms with Crippen LogP contribution in [0, 0.1) is 0 Å². The Balaban J connectivity index is 0.00000324. The van der Waals surface area contributed by atoms with Crippen molar-refractivity contribution in [2.75, 3.05) is 0 Å². The third-order valence-corrected chi connectivity index (χ3v) is 3.01. The van der Waals surface area contributed by atoms with Crippen molar-refractivity contribution in [1.82, 2.24) is 0 Å². The maximum absolute atomic E-state index is 11.2. The number of carbonyl (C=O) groups is 1. The van der Waals surface area contributed by atoms with Gasteiger partial charge in [0, 0.05) is 27.3 Å². The molecule has 0 heterocycles.